The highest BCUT2D eigenvalue weighted by Gasteiger charge is 2.29. The fraction of sp³-hybridized carbons (Fsp3) is 0.273. The van der Waals surface area contributed by atoms with Gasteiger partial charge >= 0.3 is 0 Å². The fourth-order valence-electron chi connectivity index (χ4n) is 1.95. The van der Waals surface area contributed by atoms with Crippen LogP contribution in [0.1, 0.15) is 5.82 Å². The normalized spacial score (nSPS) is 12.6. The number of imidazole rings is 2. The summed E-state index contributed by atoms with van der Waals surface area (Å²) in [7, 11) is -0.457. The van der Waals surface area contributed by atoms with Crippen molar-refractivity contribution in [3.63, 3.8) is 0 Å². The van der Waals surface area contributed by atoms with E-state index in [1.54, 1.807) is 28.5 Å². The average Bonchev–Trinajstić information content (AvgIpc) is 3.06. The number of nitrogens with zero attached hydrogens (tertiary/aromatic N) is 5. The summed E-state index contributed by atoms with van der Waals surface area (Å²) >= 11 is 7.32. The van der Waals surface area contributed by atoms with Gasteiger partial charge in [-0.05, 0) is 0 Å². The summed E-state index contributed by atoms with van der Waals surface area (Å²) in [6.07, 6.45) is 5.03. The zero-order valence-electron chi connectivity index (χ0n) is 11.3. The molecule has 0 radical (unpaired) electrons. The standard InChI is InChI=1S/C11H12ClN5O2S2/c1-15-4-3-13-8(15)7-16(2)21(18,19)10-9(12)14-11-17(10)5-6-20-11/h3-6H,7H2,1-2H3. The van der Waals surface area contributed by atoms with E-state index in [0.29, 0.717) is 10.8 Å². The Balaban J connectivity index is 2.02. The van der Waals surface area contributed by atoms with Crippen LogP contribution in [0.25, 0.3) is 4.96 Å². The van der Waals surface area contributed by atoms with Gasteiger partial charge in [-0.15, -0.1) is 11.3 Å². The number of sulfonamides is 1. The average molecular weight is 346 g/mol. The molecule has 0 amide bonds. The zero-order chi connectivity index (χ0) is 15.2. The second-order valence-corrected chi connectivity index (χ2v) is 7.67. The third-order valence-electron chi connectivity index (χ3n) is 3.12. The van der Waals surface area contributed by atoms with E-state index in [4.69, 9.17) is 11.6 Å². The Morgan fingerprint density at radius 2 is 2.19 bits per heavy atom. The van der Waals surface area contributed by atoms with Gasteiger partial charge in [-0.2, -0.15) is 4.31 Å². The molecule has 3 heterocycles. The highest BCUT2D eigenvalue weighted by atomic mass is 35.5. The Kier molecular flexibility index (Phi) is 3.52. The molecule has 7 nitrogen and oxygen atoms in total. The lowest BCUT2D eigenvalue weighted by atomic mass is 10.6. The first-order valence-corrected chi connectivity index (χ1v) is 8.64. The largest absolute Gasteiger partial charge is 0.337 e. The molecule has 0 saturated heterocycles. The Morgan fingerprint density at radius 1 is 1.43 bits per heavy atom. The first kappa shape index (κ1) is 14.5. The number of aromatic nitrogens is 4. The van der Waals surface area contributed by atoms with E-state index in [0.717, 1.165) is 0 Å². The van der Waals surface area contributed by atoms with Gasteiger partial charge in [0, 0.05) is 38.1 Å². The van der Waals surface area contributed by atoms with Crippen molar-refractivity contribution in [1.82, 2.24) is 23.2 Å². The summed E-state index contributed by atoms with van der Waals surface area (Å²) in [5.41, 5.74) is 0. The highest BCUT2D eigenvalue weighted by molar-refractivity contribution is 7.89. The lowest BCUT2D eigenvalue weighted by Crippen LogP contribution is -2.28. The second-order valence-electron chi connectivity index (χ2n) is 4.48. The van der Waals surface area contributed by atoms with E-state index in [9.17, 15) is 8.42 Å². The molecule has 0 aliphatic rings. The summed E-state index contributed by atoms with van der Waals surface area (Å²) in [4.78, 5) is 8.73. The van der Waals surface area contributed by atoms with Crippen LogP contribution < -0.4 is 0 Å². The Morgan fingerprint density at radius 3 is 2.86 bits per heavy atom. The van der Waals surface area contributed by atoms with Crippen LogP contribution in [0, 0.1) is 0 Å². The van der Waals surface area contributed by atoms with Crippen molar-refractivity contribution in [2.45, 2.75) is 11.6 Å². The van der Waals surface area contributed by atoms with Gasteiger partial charge in [0.25, 0.3) is 10.0 Å². The SMILES string of the molecule is CN(Cc1nccn1C)S(=O)(=O)c1c(Cl)nc2sccn12. The van der Waals surface area contributed by atoms with Gasteiger partial charge in [-0.1, -0.05) is 11.6 Å². The van der Waals surface area contributed by atoms with Crippen LogP contribution in [0.15, 0.2) is 29.0 Å². The number of hydrogen-bond donors (Lipinski definition) is 0. The molecular formula is C11H12ClN5O2S2. The third kappa shape index (κ3) is 2.35. The number of rotatable bonds is 4. The van der Waals surface area contributed by atoms with Crippen molar-refractivity contribution in [2.24, 2.45) is 7.05 Å². The lowest BCUT2D eigenvalue weighted by molar-refractivity contribution is 0.448. The van der Waals surface area contributed by atoms with Crippen LogP contribution in [0.5, 0.6) is 0 Å². The predicted octanol–water partition coefficient (Wildman–Crippen LogP) is 1.60. The number of halogens is 1. The summed E-state index contributed by atoms with van der Waals surface area (Å²) in [5, 5.41) is 1.72. The number of thiazole rings is 1. The molecule has 0 aliphatic heterocycles. The monoisotopic (exact) mass is 345 g/mol. The molecule has 0 atom stereocenters. The summed E-state index contributed by atoms with van der Waals surface area (Å²) in [5.74, 6) is 0.642. The van der Waals surface area contributed by atoms with Crippen molar-refractivity contribution < 1.29 is 8.42 Å². The minimum Gasteiger partial charge on any atom is -0.337 e. The first-order chi connectivity index (χ1) is 9.91. The maximum atomic E-state index is 12.7. The minimum absolute atomic E-state index is 0.0166. The van der Waals surface area contributed by atoms with E-state index in [-0.39, 0.29) is 16.7 Å². The minimum atomic E-state index is -3.76. The molecular weight excluding hydrogens is 334 g/mol. The Labute approximate surface area is 130 Å². The van der Waals surface area contributed by atoms with Gasteiger partial charge < -0.3 is 4.57 Å². The number of fused-ring (bicyclic) bond motifs is 1. The molecule has 3 rings (SSSR count). The smallest absolute Gasteiger partial charge is 0.262 e. The zero-order valence-corrected chi connectivity index (χ0v) is 13.7. The van der Waals surface area contributed by atoms with E-state index in [1.165, 1.54) is 27.1 Å². The second kappa shape index (κ2) is 5.09. The maximum absolute atomic E-state index is 12.7. The van der Waals surface area contributed by atoms with Crippen molar-refractivity contribution in [3.8, 4) is 0 Å². The van der Waals surface area contributed by atoms with Gasteiger partial charge in [0.2, 0.25) is 0 Å². The highest BCUT2D eigenvalue weighted by Crippen LogP contribution is 2.27. The summed E-state index contributed by atoms with van der Waals surface area (Å²) in [6, 6.07) is 0. The van der Waals surface area contributed by atoms with Crippen LogP contribution >= 0.6 is 22.9 Å². The molecule has 0 aliphatic carbocycles. The molecule has 0 unspecified atom stereocenters. The quantitative estimate of drug-likeness (QED) is 0.720. The first-order valence-electron chi connectivity index (χ1n) is 5.95. The van der Waals surface area contributed by atoms with Crippen molar-refractivity contribution in [1.29, 1.82) is 0 Å². The summed E-state index contributed by atoms with van der Waals surface area (Å²) in [6.45, 7) is 0.152. The molecule has 0 fully saturated rings. The molecule has 10 heteroatoms. The fourth-order valence-corrected chi connectivity index (χ4v) is 4.47. The van der Waals surface area contributed by atoms with Crippen LogP contribution in [-0.4, -0.2) is 38.7 Å². The molecule has 0 N–H and O–H groups in total. The molecule has 3 aromatic heterocycles. The van der Waals surface area contributed by atoms with Gasteiger partial charge in [0.15, 0.2) is 15.1 Å². The molecule has 3 aromatic rings. The molecule has 0 bridgehead atoms. The van der Waals surface area contributed by atoms with Gasteiger partial charge in [-0.25, -0.2) is 18.4 Å². The number of aryl methyl sites for hydroxylation is 1. The van der Waals surface area contributed by atoms with Crippen LogP contribution in [0.3, 0.4) is 0 Å². The molecule has 112 valence electrons. The topological polar surface area (TPSA) is 72.5 Å². The molecule has 21 heavy (non-hydrogen) atoms. The number of hydrogen-bond acceptors (Lipinski definition) is 5. The molecule has 0 aromatic carbocycles. The van der Waals surface area contributed by atoms with E-state index in [1.807, 2.05) is 7.05 Å². The molecule has 0 saturated carbocycles. The van der Waals surface area contributed by atoms with Crippen molar-refractivity contribution >= 4 is 37.9 Å². The predicted molar refractivity (Wildman–Crippen MR) is 79.9 cm³/mol. The van der Waals surface area contributed by atoms with E-state index < -0.39 is 10.0 Å². The van der Waals surface area contributed by atoms with E-state index >= 15 is 0 Å². The van der Waals surface area contributed by atoms with E-state index in [2.05, 4.69) is 9.97 Å². The lowest BCUT2D eigenvalue weighted by Gasteiger charge is -2.16. The van der Waals surface area contributed by atoms with Gasteiger partial charge in [0.1, 0.15) is 5.82 Å². The van der Waals surface area contributed by atoms with Crippen LogP contribution in [0.4, 0.5) is 0 Å². The summed E-state index contributed by atoms with van der Waals surface area (Å²) < 4.78 is 29.9. The van der Waals surface area contributed by atoms with Gasteiger partial charge in [0.05, 0.1) is 6.54 Å². The molecule has 0 spiro atoms. The van der Waals surface area contributed by atoms with Crippen molar-refractivity contribution in [3.05, 3.63) is 34.9 Å². The van der Waals surface area contributed by atoms with Gasteiger partial charge in [-0.3, -0.25) is 4.40 Å². The maximum Gasteiger partial charge on any atom is 0.262 e. The van der Waals surface area contributed by atoms with Crippen LogP contribution in [-0.2, 0) is 23.6 Å². The Bertz CT molecular complexity index is 895. The van der Waals surface area contributed by atoms with Crippen LogP contribution in [0.2, 0.25) is 5.15 Å². The van der Waals surface area contributed by atoms with Crippen molar-refractivity contribution in [2.75, 3.05) is 7.05 Å². The Hall–Kier alpha value is -1.42. The third-order valence-corrected chi connectivity index (χ3v) is 6.08.